The van der Waals surface area contributed by atoms with Crippen LogP contribution < -0.4 is 0 Å². The third-order valence-corrected chi connectivity index (χ3v) is 5.69. The van der Waals surface area contributed by atoms with Crippen LogP contribution >= 0.6 is 38.9 Å². The molecule has 1 heterocycles. The summed E-state index contributed by atoms with van der Waals surface area (Å²) in [6.45, 7) is 4.38. The highest BCUT2D eigenvalue weighted by atomic mass is 79.9. The van der Waals surface area contributed by atoms with E-state index in [2.05, 4.69) is 35.8 Å². The maximum absolute atomic E-state index is 6.48. The quantitative estimate of drug-likeness (QED) is 0.677. The average Bonchev–Trinajstić information content (AvgIpc) is 2.85. The van der Waals surface area contributed by atoms with Crippen molar-refractivity contribution in [1.82, 2.24) is 0 Å². The van der Waals surface area contributed by atoms with Gasteiger partial charge in [0.15, 0.2) is 0 Å². The zero-order valence-corrected chi connectivity index (χ0v) is 11.5. The van der Waals surface area contributed by atoms with Gasteiger partial charge in [-0.05, 0) is 47.2 Å². The number of hydrogen-bond acceptors (Lipinski definition) is 1. The summed E-state index contributed by atoms with van der Waals surface area (Å²) in [5.41, 5.74) is 0. The summed E-state index contributed by atoms with van der Waals surface area (Å²) in [6, 6.07) is 2.17. The molecule has 14 heavy (non-hydrogen) atoms. The predicted molar refractivity (Wildman–Crippen MR) is 67.2 cm³/mol. The van der Waals surface area contributed by atoms with Crippen LogP contribution in [0.15, 0.2) is 10.5 Å². The van der Waals surface area contributed by atoms with E-state index in [1.807, 2.05) is 11.3 Å². The van der Waals surface area contributed by atoms with E-state index in [0.717, 1.165) is 11.8 Å². The van der Waals surface area contributed by atoms with E-state index in [9.17, 15) is 0 Å². The van der Waals surface area contributed by atoms with Gasteiger partial charge in [-0.2, -0.15) is 0 Å². The fraction of sp³-hybridized carbons (Fsp3) is 0.636. The molecular weight excluding hydrogens is 280 g/mol. The standard InChI is InChI=1S/C11H14BrClS/c1-3-7-5-8(7)10(13)11-9(12)4-6(2)14-11/h4,7-8,10H,3,5H2,1-2H3. The van der Waals surface area contributed by atoms with E-state index in [1.54, 1.807) is 0 Å². The lowest BCUT2D eigenvalue weighted by Crippen LogP contribution is -1.92. The molecule has 0 spiro atoms. The molecule has 0 bridgehead atoms. The van der Waals surface area contributed by atoms with Gasteiger partial charge < -0.3 is 0 Å². The fourth-order valence-electron chi connectivity index (χ4n) is 1.98. The van der Waals surface area contributed by atoms with Gasteiger partial charge in [0.25, 0.3) is 0 Å². The lowest BCUT2D eigenvalue weighted by Gasteiger charge is -2.06. The minimum Gasteiger partial charge on any atom is -0.143 e. The van der Waals surface area contributed by atoms with Gasteiger partial charge in [-0.15, -0.1) is 22.9 Å². The highest BCUT2D eigenvalue weighted by Crippen LogP contribution is 2.54. The SMILES string of the molecule is CCC1CC1C(Cl)c1sc(C)cc1Br. The van der Waals surface area contributed by atoms with Crippen molar-refractivity contribution < 1.29 is 0 Å². The van der Waals surface area contributed by atoms with Gasteiger partial charge in [-0.25, -0.2) is 0 Å². The Morgan fingerprint density at radius 1 is 1.71 bits per heavy atom. The zero-order valence-electron chi connectivity index (χ0n) is 8.39. The Kier molecular flexibility index (Phi) is 3.25. The van der Waals surface area contributed by atoms with E-state index in [4.69, 9.17) is 11.6 Å². The summed E-state index contributed by atoms with van der Waals surface area (Å²) in [6.07, 6.45) is 2.59. The Morgan fingerprint density at radius 2 is 2.43 bits per heavy atom. The number of thiophene rings is 1. The topological polar surface area (TPSA) is 0 Å². The molecule has 0 aromatic carbocycles. The third kappa shape index (κ3) is 2.02. The molecule has 2 rings (SSSR count). The molecule has 0 saturated heterocycles. The van der Waals surface area contributed by atoms with E-state index in [-0.39, 0.29) is 5.38 Å². The van der Waals surface area contributed by atoms with Gasteiger partial charge in [0, 0.05) is 14.2 Å². The molecule has 0 aliphatic heterocycles. The van der Waals surface area contributed by atoms with Crippen molar-refractivity contribution in [2.24, 2.45) is 11.8 Å². The summed E-state index contributed by atoms with van der Waals surface area (Å²) >= 11 is 11.9. The van der Waals surface area contributed by atoms with Crippen LogP contribution in [-0.2, 0) is 0 Å². The summed E-state index contributed by atoms with van der Waals surface area (Å²) in [7, 11) is 0. The number of alkyl halides is 1. The van der Waals surface area contributed by atoms with Crippen molar-refractivity contribution in [3.05, 3.63) is 20.3 Å². The molecule has 3 heteroatoms. The maximum Gasteiger partial charge on any atom is 0.0720 e. The van der Waals surface area contributed by atoms with Gasteiger partial charge in [0.1, 0.15) is 0 Å². The van der Waals surface area contributed by atoms with Crippen molar-refractivity contribution in [1.29, 1.82) is 0 Å². The van der Waals surface area contributed by atoms with Gasteiger partial charge in [0.2, 0.25) is 0 Å². The van der Waals surface area contributed by atoms with Crippen LogP contribution in [0.4, 0.5) is 0 Å². The molecule has 1 aromatic rings. The van der Waals surface area contributed by atoms with E-state index in [1.165, 1.54) is 27.1 Å². The molecule has 0 N–H and O–H groups in total. The Labute approximate surface area is 103 Å². The minimum atomic E-state index is 0.230. The lowest BCUT2D eigenvalue weighted by atomic mass is 10.2. The van der Waals surface area contributed by atoms with Crippen LogP contribution in [0.3, 0.4) is 0 Å². The number of aryl methyl sites for hydroxylation is 1. The highest BCUT2D eigenvalue weighted by molar-refractivity contribution is 9.10. The summed E-state index contributed by atoms with van der Waals surface area (Å²) in [5.74, 6) is 1.59. The number of halogens is 2. The van der Waals surface area contributed by atoms with Crippen LogP contribution in [0.2, 0.25) is 0 Å². The fourth-order valence-corrected chi connectivity index (χ4v) is 4.63. The van der Waals surface area contributed by atoms with Crippen molar-refractivity contribution in [2.75, 3.05) is 0 Å². The van der Waals surface area contributed by atoms with Crippen LogP contribution in [0, 0.1) is 18.8 Å². The smallest absolute Gasteiger partial charge is 0.0720 e. The molecule has 1 saturated carbocycles. The Balaban J connectivity index is 2.12. The highest BCUT2D eigenvalue weighted by Gasteiger charge is 2.42. The molecule has 0 nitrogen and oxygen atoms in total. The Bertz CT molecular complexity index is 334. The number of rotatable bonds is 3. The first kappa shape index (κ1) is 11.0. The molecular formula is C11H14BrClS. The molecule has 1 aromatic heterocycles. The van der Waals surface area contributed by atoms with Gasteiger partial charge >= 0.3 is 0 Å². The van der Waals surface area contributed by atoms with Crippen LogP contribution in [0.25, 0.3) is 0 Å². The van der Waals surface area contributed by atoms with E-state index >= 15 is 0 Å². The van der Waals surface area contributed by atoms with Gasteiger partial charge in [0.05, 0.1) is 5.38 Å². The maximum atomic E-state index is 6.48. The van der Waals surface area contributed by atoms with Crippen molar-refractivity contribution >= 4 is 38.9 Å². The molecule has 1 aliphatic carbocycles. The second-order valence-corrected chi connectivity index (χ2v) is 6.65. The first-order valence-electron chi connectivity index (χ1n) is 5.03. The lowest BCUT2D eigenvalue weighted by molar-refractivity contribution is 0.666. The van der Waals surface area contributed by atoms with Gasteiger partial charge in [-0.1, -0.05) is 13.3 Å². The first-order valence-corrected chi connectivity index (χ1v) is 7.08. The summed E-state index contributed by atoms with van der Waals surface area (Å²) in [4.78, 5) is 2.66. The molecule has 78 valence electrons. The van der Waals surface area contributed by atoms with Crippen LogP contribution in [-0.4, -0.2) is 0 Å². The van der Waals surface area contributed by atoms with E-state index < -0.39 is 0 Å². The Morgan fingerprint density at radius 3 is 2.86 bits per heavy atom. The molecule has 3 unspecified atom stereocenters. The normalized spacial score (nSPS) is 27.7. The van der Waals surface area contributed by atoms with Crippen molar-refractivity contribution in [3.8, 4) is 0 Å². The first-order chi connectivity index (χ1) is 6.63. The third-order valence-electron chi connectivity index (χ3n) is 2.96. The average molecular weight is 294 g/mol. The molecule has 0 amide bonds. The molecule has 3 atom stereocenters. The van der Waals surface area contributed by atoms with Crippen molar-refractivity contribution in [3.63, 3.8) is 0 Å². The monoisotopic (exact) mass is 292 g/mol. The minimum absolute atomic E-state index is 0.230. The van der Waals surface area contributed by atoms with Crippen LogP contribution in [0.5, 0.6) is 0 Å². The molecule has 1 fully saturated rings. The van der Waals surface area contributed by atoms with E-state index in [0.29, 0.717) is 0 Å². The van der Waals surface area contributed by atoms with Crippen molar-refractivity contribution in [2.45, 2.75) is 32.1 Å². The second-order valence-electron chi connectivity index (χ2n) is 4.04. The van der Waals surface area contributed by atoms with Gasteiger partial charge in [-0.3, -0.25) is 0 Å². The molecule has 0 radical (unpaired) electrons. The number of hydrogen-bond donors (Lipinski definition) is 0. The summed E-state index contributed by atoms with van der Waals surface area (Å²) < 4.78 is 1.20. The second kappa shape index (κ2) is 4.15. The predicted octanol–water partition coefficient (Wildman–Crippen LogP) is 5.15. The summed E-state index contributed by atoms with van der Waals surface area (Å²) in [5, 5.41) is 0.230. The largest absolute Gasteiger partial charge is 0.143 e. The Hall–Kier alpha value is 0.470. The zero-order chi connectivity index (χ0) is 10.3. The van der Waals surface area contributed by atoms with Crippen LogP contribution in [0.1, 0.15) is 34.9 Å². The molecule has 1 aliphatic rings.